The van der Waals surface area contributed by atoms with Crippen LogP contribution in [0.1, 0.15) is 10.4 Å². The number of anilines is 1. The molecule has 0 atom stereocenters. The standard InChI is InChI=1S/C22H16F2N4O/c1-28-13-25-27-21(28)15-4-9-18(10-5-15)26-22(29)19-11-6-16(12-20(19)24)14-2-7-17(23)8-3-14/h2-13H,1H3,(H,26,29). The summed E-state index contributed by atoms with van der Waals surface area (Å²) in [5.41, 5.74) is 2.53. The zero-order valence-corrected chi connectivity index (χ0v) is 15.4. The predicted molar refractivity (Wildman–Crippen MR) is 106 cm³/mol. The maximum Gasteiger partial charge on any atom is 0.258 e. The van der Waals surface area contributed by atoms with Crippen LogP contribution in [-0.2, 0) is 7.05 Å². The average Bonchev–Trinajstić information content (AvgIpc) is 3.15. The van der Waals surface area contributed by atoms with E-state index in [1.807, 2.05) is 7.05 Å². The highest BCUT2D eigenvalue weighted by Gasteiger charge is 2.14. The van der Waals surface area contributed by atoms with Crippen molar-refractivity contribution in [2.75, 3.05) is 5.32 Å². The highest BCUT2D eigenvalue weighted by molar-refractivity contribution is 6.04. The summed E-state index contributed by atoms with van der Waals surface area (Å²) in [6.45, 7) is 0. The Hall–Kier alpha value is -3.87. The van der Waals surface area contributed by atoms with E-state index in [9.17, 15) is 13.6 Å². The van der Waals surface area contributed by atoms with E-state index in [2.05, 4.69) is 15.5 Å². The number of carbonyl (C=O) groups excluding carboxylic acids is 1. The molecule has 0 radical (unpaired) electrons. The number of nitrogens with one attached hydrogen (secondary N) is 1. The van der Waals surface area contributed by atoms with E-state index in [0.717, 1.165) is 5.56 Å². The van der Waals surface area contributed by atoms with Gasteiger partial charge in [0.1, 0.15) is 18.0 Å². The van der Waals surface area contributed by atoms with Crippen LogP contribution < -0.4 is 5.32 Å². The van der Waals surface area contributed by atoms with Gasteiger partial charge in [0.15, 0.2) is 5.82 Å². The van der Waals surface area contributed by atoms with Crippen LogP contribution in [0.3, 0.4) is 0 Å². The minimum atomic E-state index is -0.653. The summed E-state index contributed by atoms with van der Waals surface area (Å²) in [4.78, 5) is 12.5. The van der Waals surface area contributed by atoms with Gasteiger partial charge in [-0.25, -0.2) is 8.78 Å². The Bertz CT molecular complexity index is 1170. The van der Waals surface area contributed by atoms with Crippen LogP contribution in [0.5, 0.6) is 0 Å². The summed E-state index contributed by atoms with van der Waals surface area (Å²) in [5.74, 6) is -0.875. The molecule has 144 valence electrons. The Labute approximate surface area is 165 Å². The molecular formula is C22H16F2N4O. The van der Waals surface area contributed by atoms with Crippen molar-refractivity contribution in [3.05, 3.63) is 90.3 Å². The molecule has 1 N–H and O–H groups in total. The molecule has 0 fully saturated rings. The lowest BCUT2D eigenvalue weighted by molar-refractivity contribution is 0.102. The van der Waals surface area contributed by atoms with E-state index >= 15 is 0 Å². The third-order valence-corrected chi connectivity index (χ3v) is 4.50. The summed E-state index contributed by atoms with van der Waals surface area (Å²) >= 11 is 0. The molecule has 0 spiro atoms. The van der Waals surface area contributed by atoms with E-state index in [4.69, 9.17) is 0 Å². The molecule has 0 unspecified atom stereocenters. The number of nitrogens with zero attached hydrogens (tertiary/aromatic N) is 3. The van der Waals surface area contributed by atoms with Gasteiger partial charge in [-0.15, -0.1) is 10.2 Å². The molecule has 3 aromatic carbocycles. The number of amides is 1. The summed E-state index contributed by atoms with van der Waals surface area (Å²) in [6, 6.07) is 17.1. The Kier molecular flexibility index (Phi) is 4.87. The number of carbonyl (C=O) groups is 1. The van der Waals surface area contributed by atoms with E-state index in [-0.39, 0.29) is 11.4 Å². The molecule has 0 bridgehead atoms. The van der Waals surface area contributed by atoms with Gasteiger partial charge in [-0.05, 0) is 59.7 Å². The second kappa shape index (κ2) is 7.63. The van der Waals surface area contributed by atoms with Gasteiger partial charge in [0.2, 0.25) is 0 Å². The molecule has 0 aliphatic carbocycles. The highest BCUT2D eigenvalue weighted by atomic mass is 19.1. The van der Waals surface area contributed by atoms with Gasteiger partial charge < -0.3 is 9.88 Å². The number of aryl methyl sites for hydroxylation is 1. The summed E-state index contributed by atoms with van der Waals surface area (Å²) in [6.07, 6.45) is 1.60. The Balaban J connectivity index is 1.51. The zero-order chi connectivity index (χ0) is 20.4. The molecule has 0 aliphatic heterocycles. The van der Waals surface area contributed by atoms with Crippen LogP contribution in [0.4, 0.5) is 14.5 Å². The quantitative estimate of drug-likeness (QED) is 0.550. The van der Waals surface area contributed by atoms with E-state index < -0.39 is 11.7 Å². The molecule has 1 heterocycles. The van der Waals surface area contributed by atoms with Crippen LogP contribution in [0, 0.1) is 11.6 Å². The van der Waals surface area contributed by atoms with Crippen LogP contribution in [0.2, 0.25) is 0 Å². The third-order valence-electron chi connectivity index (χ3n) is 4.50. The fourth-order valence-corrected chi connectivity index (χ4v) is 2.97. The minimum absolute atomic E-state index is 0.0757. The molecule has 1 amide bonds. The normalized spacial score (nSPS) is 10.7. The van der Waals surface area contributed by atoms with Crippen molar-refractivity contribution >= 4 is 11.6 Å². The fourth-order valence-electron chi connectivity index (χ4n) is 2.97. The van der Waals surface area contributed by atoms with Gasteiger partial charge in [0, 0.05) is 18.3 Å². The van der Waals surface area contributed by atoms with Crippen LogP contribution in [0.25, 0.3) is 22.5 Å². The van der Waals surface area contributed by atoms with Crippen molar-refractivity contribution < 1.29 is 13.6 Å². The SMILES string of the molecule is Cn1cnnc1-c1ccc(NC(=O)c2ccc(-c3ccc(F)cc3)cc2F)cc1. The number of aromatic nitrogens is 3. The van der Waals surface area contributed by atoms with Crippen molar-refractivity contribution in [2.24, 2.45) is 7.05 Å². The summed E-state index contributed by atoms with van der Waals surface area (Å²) < 4.78 is 29.3. The minimum Gasteiger partial charge on any atom is -0.322 e. The molecule has 7 heteroatoms. The Morgan fingerprint density at radius 1 is 0.897 bits per heavy atom. The smallest absolute Gasteiger partial charge is 0.258 e. The lowest BCUT2D eigenvalue weighted by atomic mass is 10.0. The van der Waals surface area contributed by atoms with Gasteiger partial charge >= 0.3 is 0 Å². The molecule has 1 aromatic heterocycles. The van der Waals surface area contributed by atoms with Crippen molar-refractivity contribution in [3.8, 4) is 22.5 Å². The van der Waals surface area contributed by atoms with Crippen LogP contribution in [0.15, 0.2) is 73.1 Å². The van der Waals surface area contributed by atoms with Crippen molar-refractivity contribution in [1.82, 2.24) is 14.8 Å². The Morgan fingerprint density at radius 3 is 2.17 bits per heavy atom. The maximum atomic E-state index is 14.5. The van der Waals surface area contributed by atoms with Gasteiger partial charge in [0.25, 0.3) is 5.91 Å². The lowest BCUT2D eigenvalue weighted by Gasteiger charge is -2.09. The first kappa shape index (κ1) is 18.5. The monoisotopic (exact) mass is 390 g/mol. The topological polar surface area (TPSA) is 59.8 Å². The van der Waals surface area contributed by atoms with Crippen molar-refractivity contribution in [3.63, 3.8) is 0 Å². The second-order valence-electron chi connectivity index (χ2n) is 6.50. The van der Waals surface area contributed by atoms with Crippen LogP contribution >= 0.6 is 0 Å². The first-order valence-corrected chi connectivity index (χ1v) is 8.82. The fraction of sp³-hybridized carbons (Fsp3) is 0.0455. The third kappa shape index (κ3) is 3.89. The summed E-state index contributed by atoms with van der Waals surface area (Å²) in [5, 5.41) is 10.5. The van der Waals surface area contributed by atoms with Gasteiger partial charge in [-0.2, -0.15) is 0 Å². The molecule has 4 aromatic rings. The van der Waals surface area contributed by atoms with Gasteiger partial charge in [-0.1, -0.05) is 18.2 Å². The molecular weight excluding hydrogens is 374 g/mol. The number of hydrogen-bond donors (Lipinski definition) is 1. The maximum absolute atomic E-state index is 14.5. The molecule has 0 saturated carbocycles. The molecule has 29 heavy (non-hydrogen) atoms. The average molecular weight is 390 g/mol. The van der Waals surface area contributed by atoms with Gasteiger partial charge in [0.05, 0.1) is 5.56 Å². The van der Waals surface area contributed by atoms with E-state index in [1.165, 1.54) is 24.3 Å². The largest absolute Gasteiger partial charge is 0.322 e. The highest BCUT2D eigenvalue weighted by Crippen LogP contribution is 2.24. The van der Waals surface area contributed by atoms with E-state index in [1.54, 1.807) is 53.4 Å². The molecule has 4 rings (SSSR count). The summed E-state index contributed by atoms with van der Waals surface area (Å²) in [7, 11) is 1.84. The van der Waals surface area contributed by atoms with Crippen molar-refractivity contribution in [2.45, 2.75) is 0 Å². The molecule has 5 nitrogen and oxygen atoms in total. The zero-order valence-electron chi connectivity index (χ0n) is 15.4. The second-order valence-corrected chi connectivity index (χ2v) is 6.50. The lowest BCUT2D eigenvalue weighted by Crippen LogP contribution is -2.13. The molecule has 0 aliphatic rings. The first-order valence-electron chi connectivity index (χ1n) is 8.82. The Morgan fingerprint density at radius 2 is 1.55 bits per heavy atom. The van der Waals surface area contributed by atoms with E-state index in [0.29, 0.717) is 22.6 Å². The number of benzene rings is 3. The number of rotatable bonds is 4. The van der Waals surface area contributed by atoms with Crippen molar-refractivity contribution in [1.29, 1.82) is 0 Å². The number of halogens is 2. The molecule has 0 saturated heterocycles. The number of hydrogen-bond acceptors (Lipinski definition) is 3. The van der Waals surface area contributed by atoms with Gasteiger partial charge in [-0.3, -0.25) is 4.79 Å². The first-order chi connectivity index (χ1) is 14.0. The predicted octanol–water partition coefficient (Wildman–Crippen LogP) is 4.68. The van der Waals surface area contributed by atoms with Crippen LogP contribution in [-0.4, -0.2) is 20.7 Å².